The highest BCUT2D eigenvalue weighted by Crippen LogP contribution is 2.24. The molecule has 0 spiro atoms. The second-order valence-corrected chi connectivity index (χ2v) is 5.51. The van der Waals surface area contributed by atoms with Crippen molar-refractivity contribution in [2.24, 2.45) is 0 Å². The van der Waals surface area contributed by atoms with Crippen LogP contribution in [0.25, 0.3) is 0 Å². The number of hydrogen-bond donors (Lipinski definition) is 1. The zero-order chi connectivity index (χ0) is 15.4. The average molecular weight is 310 g/mol. The molecule has 2 aromatic rings. The summed E-state index contributed by atoms with van der Waals surface area (Å²) < 4.78 is 26.3. The first-order valence-corrected chi connectivity index (χ1v) is 7.35. The van der Waals surface area contributed by atoms with Crippen LogP contribution in [0.3, 0.4) is 0 Å². The van der Waals surface area contributed by atoms with Crippen molar-refractivity contribution in [1.29, 1.82) is 0 Å². The van der Waals surface area contributed by atoms with Crippen molar-refractivity contribution >= 4 is 11.6 Å². The maximum atomic E-state index is 13.3. The topological polar surface area (TPSA) is 12.0 Å². The first-order valence-electron chi connectivity index (χ1n) is 6.97. The third kappa shape index (κ3) is 4.02. The lowest BCUT2D eigenvalue weighted by Gasteiger charge is -2.23. The van der Waals surface area contributed by atoms with Gasteiger partial charge in [0.15, 0.2) is 11.6 Å². The molecule has 2 rings (SSSR count). The third-order valence-electron chi connectivity index (χ3n) is 3.55. The van der Waals surface area contributed by atoms with E-state index in [9.17, 15) is 8.78 Å². The molecule has 2 atom stereocenters. The molecule has 0 amide bonds. The van der Waals surface area contributed by atoms with E-state index in [1.165, 1.54) is 6.07 Å². The fourth-order valence-corrected chi connectivity index (χ4v) is 2.55. The van der Waals surface area contributed by atoms with Gasteiger partial charge in [-0.1, -0.05) is 36.7 Å². The fourth-order valence-electron chi connectivity index (χ4n) is 2.35. The second kappa shape index (κ2) is 7.01. The summed E-state index contributed by atoms with van der Waals surface area (Å²) in [5.41, 5.74) is 1.80. The van der Waals surface area contributed by atoms with Crippen molar-refractivity contribution in [2.75, 3.05) is 0 Å². The lowest BCUT2D eigenvalue weighted by molar-refractivity contribution is 0.451. The largest absolute Gasteiger partial charge is 0.303 e. The fraction of sp³-hybridized carbons (Fsp3) is 0.294. The minimum Gasteiger partial charge on any atom is -0.303 e. The SMILES string of the molecule is CCC(NC(C)c1ccc(F)c(F)c1)c1cccc(Cl)c1. The van der Waals surface area contributed by atoms with Gasteiger partial charge in [0.1, 0.15) is 0 Å². The van der Waals surface area contributed by atoms with Crippen molar-refractivity contribution in [1.82, 2.24) is 5.32 Å². The van der Waals surface area contributed by atoms with Crippen LogP contribution in [-0.4, -0.2) is 0 Å². The molecule has 0 fully saturated rings. The van der Waals surface area contributed by atoms with Gasteiger partial charge in [0.05, 0.1) is 0 Å². The van der Waals surface area contributed by atoms with Crippen molar-refractivity contribution in [3.8, 4) is 0 Å². The van der Waals surface area contributed by atoms with Crippen molar-refractivity contribution in [3.05, 3.63) is 70.2 Å². The molecule has 4 heteroatoms. The monoisotopic (exact) mass is 309 g/mol. The molecule has 1 N–H and O–H groups in total. The normalized spacial score (nSPS) is 14.0. The Morgan fingerprint density at radius 3 is 2.43 bits per heavy atom. The van der Waals surface area contributed by atoms with Gasteiger partial charge in [0, 0.05) is 17.1 Å². The van der Waals surface area contributed by atoms with Gasteiger partial charge in [-0.3, -0.25) is 0 Å². The molecule has 0 aromatic heterocycles. The van der Waals surface area contributed by atoms with Crippen LogP contribution in [0.1, 0.15) is 43.5 Å². The molecule has 2 aromatic carbocycles. The highest BCUT2D eigenvalue weighted by atomic mass is 35.5. The summed E-state index contributed by atoms with van der Waals surface area (Å²) in [4.78, 5) is 0. The van der Waals surface area contributed by atoms with Gasteiger partial charge in [0.25, 0.3) is 0 Å². The van der Waals surface area contributed by atoms with Gasteiger partial charge in [-0.05, 0) is 48.7 Å². The van der Waals surface area contributed by atoms with Crippen LogP contribution in [0.15, 0.2) is 42.5 Å². The molecule has 1 nitrogen and oxygen atoms in total. The summed E-state index contributed by atoms with van der Waals surface area (Å²) in [6, 6.07) is 11.7. The summed E-state index contributed by atoms with van der Waals surface area (Å²) in [6.07, 6.45) is 0.869. The van der Waals surface area contributed by atoms with E-state index in [1.807, 2.05) is 31.2 Å². The summed E-state index contributed by atoms with van der Waals surface area (Å²) in [5, 5.41) is 4.11. The van der Waals surface area contributed by atoms with E-state index < -0.39 is 11.6 Å². The molecule has 0 saturated carbocycles. The van der Waals surface area contributed by atoms with E-state index in [-0.39, 0.29) is 12.1 Å². The lowest BCUT2D eigenvalue weighted by Crippen LogP contribution is -2.24. The molecule has 21 heavy (non-hydrogen) atoms. The minimum atomic E-state index is -0.826. The zero-order valence-electron chi connectivity index (χ0n) is 12.0. The Morgan fingerprint density at radius 2 is 1.81 bits per heavy atom. The first-order chi connectivity index (χ1) is 10.0. The third-order valence-corrected chi connectivity index (χ3v) is 3.79. The number of hydrogen-bond acceptors (Lipinski definition) is 1. The molecule has 2 unspecified atom stereocenters. The molecule has 0 saturated heterocycles. The summed E-state index contributed by atoms with van der Waals surface area (Å²) in [5.74, 6) is -1.65. The molecule has 0 heterocycles. The molecule has 0 radical (unpaired) electrons. The van der Waals surface area contributed by atoms with Crippen LogP contribution < -0.4 is 5.32 Å². The Balaban J connectivity index is 2.16. The van der Waals surface area contributed by atoms with Crippen LogP contribution >= 0.6 is 11.6 Å². The molecular weight excluding hydrogens is 292 g/mol. The highest BCUT2D eigenvalue weighted by Gasteiger charge is 2.15. The summed E-state index contributed by atoms with van der Waals surface area (Å²) in [6.45, 7) is 4.00. The Kier molecular flexibility index (Phi) is 5.32. The van der Waals surface area contributed by atoms with Crippen molar-refractivity contribution in [3.63, 3.8) is 0 Å². The Bertz CT molecular complexity index is 615. The number of benzene rings is 2. The van der Waals surface area contributed by atoms with Gasteiger partial charge in [-0.15, -0.1) is 0 Å². The maximum Gasteiger partial charge on any atom is 0.159 e. The average Bonchev–Trinajstić information content (AvgIpc) is 2.47. The molecule has 112 valence electrons. The van der Waals surface area contributed by atoms with E-state index in [4.69, 9.17) is 11.6 Å². The maximum absolute atomic E-state index is 13.3. The van der Waals surface area contributed by atoms with E-state index in [0.717, 1.165) is 23.6 Å². The van der Waals surface area contributed by atoms with Crippen LogP contribution in [-0.2, 0) is 0 Å². The summed E-state index contributed by atoms with van der Waals surface area (Å²) >= 11 is 6.02. The van der Waals surface area contributed by atoms with Gasteiger partial charge < -0.3 is 5.32 Å². The van der Waals surface area contributed by atoms with Gasteiger partial charge in [0.2, 0.25) is 0 Å². The van der Waals surface area contributed by atoms with Crippen molar-refractivity contribution in [2.45, 2.75) is 32.4 Å². The van der Waals surface area contributed by atoms with Crippen LogP contribution in [0.4, 0.5) is 8.78 Å². The lowest BCUT2D eigenvalue weighted by atomic mass is 10.0. The number of halogens is 3. The zero-order valence-corrected chi connectivity index (χ0v) is 12.8. The smallest absolute Gasteiger partial charge is 0.159 e. The number of rotatable bonds is 5. The van der Waals surface area contributed by atoms with Crippen LogP contribution in [0, 0.1) is 11.6 Å². The minimum absolute atomic E-state index is 0.0935. The van der Waals surface area contributed by atoms with Gasteiger partial charge in [-0.25, -0.2) is 8.78 Å². The van der Waals surface area contributed by atoms with Gasteiger partial charge in [-0.2, -0.15) is 0 Å². The highest BCUT2D eigenvalue weighted by molar-refractivity contribution is 6.30. The number of nitrogens with one attached hydrogen (secondary N) is 1. The molecular formula is C17H18ClF2N. The molecule has 0 aliphatic rings. The summed E-state index contributed by atoms with van der Waals surface area (Å²) in [7, 11) is 0. The Morgan fingerprint density at radius 1 is 1.05 bits per heavy atom. The molecule has 0 aliphatic heterocycles. The van der Waals surface area contributed by atoms with Crippen LogP contribution in [0.2, 0.25) is 5.02 Å². The van der Waals surface area contributed by atoms with E-state index in [2.05, 4.69) is 12.2 Å². The van der Waals surface area contributed by atoms with E-state index in [0.29, 0.717) is 5.02 Å². The van der Waals surface area contributed by atoms with Crippen LogP contribution in [0.5, 0.6) is 0 Å². The molecule has 0 bridgehead atoms. The van der Waals surface area contributed by atoms with E-state index in [1.54, 1.807) is 6.07 Å². The van der Waals surface area contributed by atoms with Gasteiger partial charge >= 0.3 is 0 Å². The first kappa shape index (κ1) is 15.9. The standard InChI is InChI=1S/C17H18ClF2N/c1-3-17(13-5-4-6-14(18)9-13)21-11(2)12-7-8-15(19)16(20)10-12/h4-11,17,21H,3H2,1-2H3. The van der Waals surface area contributed by atoms with Crippen molar-refractivity contribution < 1.29 is 8.78 Å². The quantitative estimate of drug-likeness (QED) is 0.777. The molecule has 0 aliphatic carbocycles. The Labute approximate surface area is 128 Å². The predicted molar refractivity (Wildman–Crippen MR) is 82.4 cm³/mol. The van der Waals surface area contributed by atoms with E-state index >= 15 is 0 Å². The predicted octanol–water partition coefficient (Wildman–Crippen LogP) is 5.42. The Hall–Kier alpha value is -1.45. The second-order valence-electron chi connectivity index (χ2n) is 5.08.